The van der Waals surface area contributed by atoms with E-state index >= 15 is 0 Å². The average Bonchev–Trinajstić information content (AvgIpc) is 2.49. The van der Waals surface area contributed by atoms with Crippen molar-refractivity contribution in [2.75, 3.05) is 19.6 Å². The van der Waals surface area contributed by atoms with E-state index in [1.165, 1.54) is 4.31 Å². The van der Waals surface area contributed by atoms with E-state index in [9.17, 15) is 13.5 Å². The molecule has 0 aliphatic carbocycles. The van der Waals surface area contributed by atoms with Crippen LogP contribution in [0, 0.1) is 5.92 Å². The predicted molar refractivity (Wildman–Crippen MR) is 54.0 cm³/mol. The van der Waals surface area contributed by atoms with Crippen molar-refractivity contribution >= 4 is 10.2 Å². The van der Waals surface area contributed by atoms with E-state index in [1.807, 2.05) is 13.8 Å². The molecular formula is C8H18N2O3S. The molecule has 0 radical (unpaired) electrons. The second kappa shape index (κ2) is 4.57. The van der Waals surface area contributed by atoms with Crippen molar-refractivity contribution in [3.8, 4) is 0 Å². The van der Waals surface area contributed by atoms with Crippen LogP contribution in [0.5, 0.6) is 0 Å². The van der Waals surface area contributed by atoms with Gasteiger partial charge in [-0.15, -0.1) is 0 Å². The van der Waals surface area contributed by atoms with E-state index in [1.54, 1.807) is 0 Å². The third kappa shape index (κ3) is 3.20. The van der Waals surface area contributed by atoms with Gasteiger partial charge in [0.05, 0.1) is 6.10 Å². The van der Waals surface area contributed by atoms with Crippen LogP contribution in [0.25, 0.3) is 0 Å². The largest absolute Gasteiger partial charge is 0.392 e. The number of hydrogen-bond donors (Lipinski definition) is 2. The second-order valence-electron chi connectivity index (χ2n) is 4.05. The van der Waals surface area contributed by atoms with Crippen LogP contribution in [-0.4, -0.2) is 43.6 Å². The first kappa shape index (κ1) is 11.9. The summed E-state index contributed by atoms with van der Waals surface area (Å²) in [7, 11) is -3.36. The minimum atomic E-state index is -3.36. The van der Waals surface area contributed by atoms with Gasteiger partial charge in [-0.25, -0.2) is 4.72 Å². The zero-order valence-electron chi connectivity index (χ0n) is 8.60. The molecule has 2 N–H and O–H groups in total. The SMILES string of the molecule is CC(C)CNS(=O)(=O)N1CC[C@H](O)C1. The van der Waals surface area contributed by atoms with Crippen LogP contribution in [0.2, 0.25) is 0 Å². The summed E-state index contributed by atoms with van der Waals surface area (Å²) in [5.74, 6) is 0.289. The monoisotopic (exact) mass is 222 g/mol. The molecule has 6 heteroatoms. The summed E-state index contributed by atoms with van der Waals surface area (Å²) in [6, 6.07) is 0. The van der Waals surface area contributed by atoms with Gasteiger partial charge >= 0.3 is 0 Å². The van der Waals surface area contributed by atoms with Crippen molar-refractivity contribution in [1.29, 1.82) is 0 Å². The van der Waals surface area contributed by atoms with Crippen LogP contribution < -0.4 is 4.72 Å². The molecule has 0 unspecified atom stereocenters. The Morgan fingerprint density at radius 1 is 1.57 bits per heavy atom. The Morgan fingerprint density at radius 3 is 2.64 bits per heavy atom. The highest BCUT2D eigenvalue weighted by Gasteiger charge is 2.29. The van der Waals surface area contributed by atoms with Gasteiger partial charge in [0.25, 0.3) is 10.2 Å². The molecule has 1 heterocycles. The number of aliphatic hydroxyl groups excluding tert-OH is 1. The van der Waals surface area contributed by atoms with Crippen LogP contribution in [0.3, 0.4) is 0 Å². The molecule has 1 rings (SSSR count). The fraction of sp³-hybridized carbons (Fsp3) is 1.00. The molecule has 1 aliphatic heterocycles. The fourth-order valence-electron chi connectivity index (χ4n) is 1.29. The Kier molecular flexibility index (Phi) is 3.88. The van der Waals surface area contributed by atoms with Crippen LogP contribution in [-0.2, 0) is 10.2 Å². The first-order chi connectivity index (χ1) is 6.42. The molecule has 1 aliphatic rings. The van der Waals surface area contributed by atoms with Crippen LogP contribution in [0.4, 0.5) is 0 Å². The second-order valence-corrected chi connectivity index (χ2v) is 5.80. The van der Waals surface area contributed by atoms with Gasteiger partial charge < -0.3 is 5.11 Å². The van der Waals surface area contributed by atoms with Crippen molar-refractivity contribution in [1.82, 2.24) is 9.03 Å². The van der Waals surface area contributed by atoms with Crippen LogP contribution >= 0.6 is 0 Å². The molecule has 0 bridgehead atoms. The summed E-state index contributed by atoms with van der Waals surface area (Å²) in [6.07, 6.45) is 0.0217. The number of aliphatic hydroxyl groups is 1. The average molecular weight is 222 g/mol. The smallest absolute Gasteiger partial charge is 0.279 e. The van der Waals surface area contributed by atoms with Crippen molar-refractivity contribution in [2.24, 2.45) is 5.92 Å². The van der Waals surface area contributed by atoms with Crippen LogP contribution in [0.1, 0.15) is 20.3 Å². The lowest BCUT2D eigenvalue weighted by molar-refractivity contribution is 0.189. The van der Waals surface area contributed by atoms with Gasteiger partial charge in [0, 0.05) is 19.6 Å². The lowest BCUT2D eigenvalue weighted by Crippen LogP contribution is -2.41. The number of rotatable bonds is 4. The number of nitrogens with one attached hydrogen (secondary N) is 1. The van der Waals surface area contributed by atoms with E-state index in [4.69, 9.17) is 0 Å². The summed E-state index contributed by atoms with van der Waals surface area (Å²) in [6.45, 7) is 4.96. The summed E-state index contributed by atoms with van der Waals surface area (Å²) in [5, 5.41) is 9.21. The maximum Gasteiger partial charge on any atom is 0.279 e. The minimum Gasteiger partial charge on any atom is -0.392 e. The predicted octanol–water partition coefficient (Wildman–Crippen LogP) is -0.457. The third-order valence-corrected chi connectivity index (χ3v) is 3.68. The molecule has 1 fully saturated rings. The van der Waals surface area contributed by atoms with Gasteiger partial charge in [-0.05, 0) is 12.3 Å². The number of nitrogens with zero attached hydrogens (tertiary/aromatic N) is 1. The molecule has 14 heavy (non-hydrogen) atoms. The number of hydrogen-bond acceptors (Lipinski definition) is 3. The van der Waals surface area contributed by atoms with E-state index in [-0.39, 0.29) is 12.5 Å². The molecule has 1 saturated heterocycles. The van der Waals surface area contributed by atoms with Gasteiger partial charge in [-0.3, -0.25) is 0 Å². The van der Waals surface area contributed by atoms with Gasteiger partial charge in [-0.1, -0.05) is 13.8 Å². The molecular weight excluding hydrogens is 204 g/mol. The van der Waals surface area contributed by atoms with Gasteiger partial charge in [0.15, 0.2) is 0 Å². The number of β-amino-alcohol motifs (C(OH)–C–C–N with tert-alkyl or cyclic N) is 1. The first-order valence-electron chi connectivity index (χ1n) is 4.84. The molecule has 84 valence electrons. The highest BCUT2D eigenvalue weighted by atomic mass is 32.2. The van der Waals surface area contributed by atoms with E-state index in [0.29, 0.717) is 19.5 Å². The van der Waals surface area contributed by atoms with Gasteiger partial charge in [-0.2, -0.15) is 12.7 Å². The fourth-order valence-corrected chi connectivity index (χ4v) is 2.73. The molecule has 5 nitrogen and oxygen atoms in total. The summed E-state index contributed by atoms with van der Waals surface area (Å²) >= 11 is 0. The van der Waals surface area contributed by atoms with Crippen molar-refractivity contribution in [2.45, 2.75) is 26.4 Å². The van der Waals surface area contributed by atoms with Crippen molar-refractivity contribution < 1.29 is 13.5 Å². The Hall–Kier alpha value is -0.170. The Morgan fingerprint density at radius 2 is 2.21 bits per heavy atom. The maximum absolute atomic E-state index is 11.6. The standard InChI is InChI=1S/C8H18N2O3S/c1-7(2)5-9-14(12,13)10-4-3-8(11)6-10/h7-9,11H,3-6H2,1-2H3/t8-/m0/s1. The van der Waals surface area contributed by atoms with E-state index in [2.05, 4.69) is 4.72 Å². The zero-order chi connectivity index (χ0) is 10.8. The highest BCUT2D eigenvalue weighted by Crippen LogP contribution is 2.12. The maximum atomic E-state index is 11.6. The Balaban J connectivity index is 2.49. The van der Waals surface area contributed by atoms with Gasteiger partial charge in [0.2, 0.25) is 0 Å². The molecule has 0 spiro atoms. The van der Waals surface area contributed by atoms with Crippen molar-refractivity contribution in [3.05, 3.63) is 0 Å². The lowest BCUT2D eigenvalue weighted by Gasteiger charge is -2.17. The van der Waals surface area contributed by atoms with E-state index in [0.717, 1.165) is 0 Å². The van der Waals surface area contributed by atoms with E-state index < -0.39 is 16.3 Å². The minimum absolute atomic E-state index is 0.216. The highest BCUT2D eigenvalue weighted by molar-refractivity contribution is 7.87. The third-order valence-electron chi connectivity index (χ3n) is 2.14. The van der Waals surface area contributed by atoms with Crippen LogP contribution in [0.15, 0.2) is 0 Å². The molecule has 0 amide bonds. The molecule has 0 aromatic carbocycles. The summed E-state index contributed by atoms with van der Waals surface area (Å²) < 4.78 is 27.0. The quantitative estimate of drug-likeness (QED) is 0.676. The first-order valence-corrected chi connectivity index (χ1v) is 6.28. The normalized spacial score (nSPS) is 24.7. The topological polar surface area (TPSA) is 69.6 Å². The van der Waals surface area contributed by atoms with Crippen molar-refractivity contribution in [3.63, 3.8) is 0 Å². The Bertz CT molecular complexity index is 276. The molecule has 0 aromatic rings. The Labute approximate surface area is 85.3 Å². The van der Waals surface area contributed by atoms with Gasteiger partial charge in [0.1, 0.15) is 0 Å². The summed E-state index contributed by atoms with van der Waals surface area (Å²) in [5.41, 5.74) is 0. The lowest BCUT2D eigenvalue weighted by atomic mass is 10.2. The zero-order valence-corrected chi connectivity index (χ0v) is 9.42. The molecule has 0 saturated carbocycles. The molecule has 0 aromatic heterocycles. The summed E-state index contributed by atoms with van der Waals surface area (Å²) in [4.78, 5) is 0. The molecule has 1 atom stereocenters.